The third-order valence-corrected chi connectivity index (χ3v) is 9.07. The van der Waals surface area contributed by atoms with E-state index in [4.69, 9.17) is 10.5 Å². The lowest BCUT2D eigenvalue weighted by Crippen LogP contribution is -2.47. The van der Waals surface area contributed by atoms with Crippen molar-refractivity contribution in [3.8, 4) is 0 Å². The minimum absolute atomic E-state index is 0.0143. The number of carbonyl (C=O) groups excluding carboxylic acids is 2. The molecule has 3 fully saturated rings. The van der Waals surface area contributed by atoms with Crippen molar-refractivity contribution in [3.05, 3.63) is 99.8 Å². The van der Waals surface area contributed by atoms with Gasteiger partial charge in [-0.15, -0.1) is 0 Å². The molecule has 3 aromatic carbocycles. The first-order valence-corrected chi connectivity index (χ1v) is 15.3. The van der Waals surface area contributed by atoms with Crippen LogP contribution in [0.25, 0.3) is 10.9 Å². The third-order valence-electron chi connectivity index (χ3n) is 9.07. The fourth-order valence-corrected chi connectivity index (χ4v) is 6.36. The van der Waals surface area contributed by atoms with Gasteiger partial charge >= 0.3 is 12.1 Å². The molecular formula is C34H31F2N5O6. The van der Waals surface area contributed by atoms with Crippen LogP contribution < -0.4 is 25.9 Å². The Morgan fingerprint density at radius 3 is 2.19 bits per heavy atom. The molecule has 1 aromatic heterocycles. The van der Waals surface area contributed by atoms with Gasteiger partial charge in [-0.3, -0.25) is 14.5 Å². The Bertz CT molecular complexity index is 1970. The van der Waals surface area contributed by atoms with E-state index in [0.717, 1.165) is 18.9 Å². The molecule has 47 heavy (non-hydrogen) atoms. The van der Waals surface area contributed by atoms with Gasteiger partial charge in [0, 0.05) is 49.4 Å². The van der Waals surface area contributed by atoms with Gasteiger partial charge in [-0.05, 0) is 43.2 Å². The van der Waals surface area contributed by atoms with E-state index in [0.29, 0.717) is 42.9 Å². The quantitative estimate of drug-likeness (QED) is 0.271. The normalized spacial score (nSPS) is 18.8. The standard InChI is InChI=1S/C34H31F2N5O6/c35-24-14-21(41-18-29(47-34(41)46)30(37)31(42)19-4-2-1-3-5-19)8-9-26(24)38-10-12-39(13-11-38)28-16-27-22(15-25(28)36)32(43)23(33(44)45)17-40(27)20-6-7-20/h1-5,8-9,14-17,20,29-30H,6-7,10-13,18,37H2,(H,44,45)/t29?,30-/m0/s1. The Morgan fingerprint density at radius 2 is 1.55 bits per heavy atom. The molecule has 2 saturated heterocycles. The highest BCUT2D eigenvalue weighted by molar-refractivity contribution is 6.01. The van der Waals surface area contributed by atoms with E-state index in [1.165, 1.54) is 17.2 Å². The molecule has 1 aliphatic carbocycles. The van der Waals surface area contributed by atoms with Gasteiger partial charge in [-0.1, -0.05) is 30.3 Å². The number of anilines is 3. The maximum Gasteiger partial charge on any atom is 0.414 e. The average molecular weight is 644 g/mol. The van der Waals surface area contributed by atoms with E-state index in [1.807, 2.05) is 9.80 Å². The zero-order valence-electron chi connectivity index (χ0n) is 25.1. The highest BCUT2D eigenvalue weighted by Gasteiger charge is 2.39. The van der Waals surface area contributed by atoms with Gasteiger partial charge in [0.15, 0.2) is 5.78 Å². The lowest BCUT2D eigenvalue weighted by Gasteiger charge is -2.37. The van der Waals surface area contributed by atoms with Crippen LogP contribution in [0.1, 0.15) is 39.6 Å². The first-order valence-electron chi connectivity index (χ1n) is 15.3. The Morgan fingerprint density at radius 1 is 0.894 bits per heavy atom. The van der Waals surface area contributed by atoms with E-state index in [1.54, 1.807) is 53.1 Å². The van der Waals surface area contributed by atoms with Crippen molar-refractivity contribution >= 4 is 45.8 Å². The smallest absolute Gasteiger partial charge is 0.414 e. The third kappa shape index (κ3) is 5.56. The molecule has 1 saturated carbocycles. The van der Waals surface area contributed by atoms with Crippen molar-refractivity contribution in [1.82, 2.24) is 4.57 Å². The summed E-state index contributed by atoms with van der Waals surface area (Å²) in [6, 6.07) is 14.6. The number of cyclic esters (lactones) is 1. The van der Waals surface area contributed by atoms with Crippen LogP contribution in [0.2, 0.25) is 0 Å². The largest absolute Gasteiger partial charge is 0.477 e. The number of carbonyl (C=O) groups is 3. The van der Waals surface area contributed by atoms with Crippen molar-refractivity contribution in [1.29, 1.82) is 0 Å². The minimum atomic E-state index is -1.35. The number of nitrogens with two attached hydrogens (primary N) is 1. The van der Waals surface area contributed by atoms with E-state index in [2.05, 4.69) is 0 Å². The Hall–Kier alpha value is -5.30. The van der Waals surface area contributed by atoms with Crippen molar-refractivity contribution in [3.63, 3.8) is 0 Å². The number of hydrogen-bond acceptors (Lipinski definition) is 8. The molecule has 13 heteroatoms. The molecule has 4 aromatic rings. The molecule has 0 radical (unpaired) electrons. The van der Waals surface area contributed by atoms with Gasteiger partial charge < -0.3 is 29.9 Å². The molecule has 1 unspecified atom stereocenters. The van der Waals surface area contributed by atoms with Gasteiger partial charge in [-0.2, -0.15) is 0 Å². The number of amides is 1. The zero-order chi connectivity index (χ0) is 33.0. The summed E-state index contributed by atoms with van der Waals surface area (Å²) >= 11 is 0. The fourth-order valence-electron chi connectivity index (χ4n) is 6.36. The summed E-state index contributed by atoms with van der Waals surface area (Å²) < 4.78 is 38.0. The number of carboxylic acid groups (broad SMARTS) is 1. The second-order valence-corrected chi connectivity index (χ2v) is 12.0. The number of pyridine rings is 1. The highest BCUT2D eigenvalue weighted by Crippen LogP contribution is 2.38. The molecule has 3 heterocycles. The summed E-state index contributed by atoms with van der Waals surface area (Å²) in [5.74, 6) is -2.91. The van der Waals surface area contributed by atoms with Gasteiger partial charge in [0.25, 0.3) is 0 Å². The van der Waals surface area contributed by atoms with Crippen LogP contribution in [-0.2, 0) is 4.74 Å². The van der Waals surface area contributed by atoms with Crippen LogP contribution in [0, 0.1) is 11.6 Å². The van der Waals surface area contributed by atoms with Crippen LogP contribution >= 0.6 is 0 Å². The summed E-state index contributed by atoms with van der Waals surface area (Å²) in [6.07, 6.45) is 1.40. The van der Waals surface area contributed by atoms with Crippen LogP contribution in [0.4, 0.5) is 30.6 Å². The summed E-state index contributed by atoms with van der Waals surface area (Å²) in [5.41, 5.74) is 6.79. The summed E-state index contributed by atoms with van der Waals surface area (Å²) in [7, 11) is 0. The number of benzene rings is 3. The van der Waals surface area contributed by atoms with E-state index in [-0.39, 0.29) is 40.7 Å². The van der Waals surface area contributed by atoms with Crippen LogP contribution in [0.15, 0.2) is 71.7 Å². The number of Topliss-reactive ketones (excluding diaryl/α,β-unsaturated/α-hetero) is 1. The van der Waals surface area contributed by atoms with Crippen LogP contribution in [0.3, 0.4) is 0 Å². The number of aromatic nitrogens is 1. The molecule has 2 atom stereocenters. The number of fused-ring (bicyclic) bond motifs is 1. The minimum Gasteiger partial charge on any atom is -0.477 e. The SMILES string of the molecule is N[C@H](C(=O)c1ccccc1)C1CN(c2ccc(N3CCN(c4cc5c(cc4F)c(=O)c(C(=O)O)cn5C4CC4)CC3)c(F)c2)C(=O)O1. The molecule has 1 amide bonds. The predicted octanol–water partition coefficient (Wildman–Crippen LogP) is 4.17. The van der Waals surface area contributed by atoms with Gasteiger partial charge in [0.05, 0.1) is 29.1 Å². The summed E-state index contributed by atoms with van der Waals surface area (Å²) in [4.78, 5) is 54.8. The van der Waals surface area contributed by atoms with Crippen LogP contribution in [-0.4, -0.2) is 72.4 Å². The molecule has 11 nitrogen and oxygen atoms in total. The second kappa shape index (κ2) is 11.8. The highest BCUT2D eigenvalue weighted by atomic mass is 19.1. The van der Waals surface area contributed by atoms with Crippen LogP contribution in [0.5, 0.6) is 0 Å². The monoisotopic (exact) mass is 643 g/mol. The van der Waals surface area contributed by atoms with E-state index in [9.17, 15) is 24.3 Å². The van der Waals surface area contributed by atoms with Gasteiger partial charge in [0.1, 0.15) is 29.3 Å². The number of nitrogens with zero attached hydrogens (tertiary/aromatic N) is 4. The number of carboxylic acids is 1. The van der Waals surface area contributed by atoms with Gasteiger partial charge in [0.2, 0.25) is 5.43 Å². The maximum atomic E-state index is 15.5. The van der Waals surface area contributed by atoms with Crippen molar-refractivity contribution in [2.45, 2.75) is 31.0 Å². The number of piperazine rings is 1. The molecular weight excluding hydrogens is 612 g/mol. The zero-order valence-corrected chi connectivity index (χ0v) is 25.1. The Labute approximate surface area is 267 Å². The summed E-state index contributed by atoms with van der Waals surface area (Å²) in [6.45, 7) is 1.44. The lowest BCUT2D eigenvalue weighted by molar-refractivity contribution is 0.0694. The first kappa shape index (κ1) is 30.4. The predicted molar refractivity (Wildman–Crippen MR) is 171 cm³/mol. The topological polar surface area (TPSA) is 138 Å². The average Bonchev–Trinajstić information content (AvgIpc) is 3.85. The lowest BCUT2D eigenvalue weighted by atomic mass is 10.0. The number of hydrogen-bond donors (Lipinski definition) is 2. The second-order valence-electron chi connectivity index (χ2n) is 12.0. The van der Waals surface area contributed by atoms with E-state index < -0.39 is 41.3 Å². The molecule has 3 N–H and O–H groups in total. The Balaban J connectivity index is 1.05. The summed E-state index contributed by atoms with van der Waals surface area (Å²) in [5, 5.41) is 9.52. The molecule has 2 aliphatic heterocycles. The first-order chi connectivity index (χ1) is 22.6. The number of aromatic carboxylic acids is 1. The van der Waals surface area contributed by atoms with Crippen molar-refractivity contribution in [2.75, 3.05) is 47.4 Å². The van der Waals surface area contributed by atoms with Crippen molar-refractivity contribution < 1.29 is 33.0 Å². The Kier molecular flexibility index (Phi) is 7.63. The van der Waals surface area contributed by atoms with Crippen molar-refractivity contribution in [2.24, 2.45) is 5.73 Å². The number of ether oxygens (including phenoxy) is 1. The number of halogens is 2. The molecule has 7 rings (SSSR count). The fraction of sp³-hybridized carbons (Fsp3) is 0.294. The molecule has 242 valence electrons. The molecule has 0 bridgehead atoms. The van der Waals surface area contributed by atoms with E-state index >= 15 is 8.78 Å². The molecule has 0 spiro atoms. The number of rotatable bonds is 8. The number of ketones is 1. The van der Waals surface area contributed by atoms with Gasteiger partial charge in [-0.25, -0.2) is 18.4 Å². The maximum absolute atomic E-state index is 15.5. The molecule has 3 aliphatic rings.